The quantitative estimate of drug-likeness (QED) is 0.766. The second kappa shape index (κ2) is 7.51. The maximum atomic E-state index is 11.4. The number of aromatic amines is 1. The third-order valence-electron chi connectivity index (χ3n) is 3.17. The molecule has 0 unspecified atom stereocenters. The lowest BCUT2D eigenvalue weighted by molar-refractivity contribution is 0.200. The number of fused-ring (bicyclic) bond motifs is 1. The van der Waals surface area contributed by atoms with Crippen LogP contribution in [0.1, 0.15) is 13.3 Å². The second-order valence-corrected chi connectivity index (χ2v) is 6.49. The topological polar surface area (TPSA) is 72.5 Å². The summed E-state index contributed by atoms with van der Waals surface area (Å²) >= 11 is 1.78. The van der Waals surface area contributed by atoms with Gasteiger partial charge in [-0.25, -0.2) is 14.7 Å². The Labute approximate surface area is 134 Å². The van der Waals surface area contributed by atoms with Gasteiger partial charge >= 0.3 is 6.09 Å². The summed E-state index contributed by atoms with van der Waals surface area (Å²) in [5.74, 6) is 1.44. The average molecular weight is 322 g/mol. The van der Waals surface area contributed by atoms with Gasteiger partial charge in [-0.1, -0.05) is 6.92 Å². The van der Waals surface area contributed by atoms with Gasteiger partial charge in [-0.2, -0.15) is 0 Å². The van der Waals surface area contributed by atoms with E-state index in [1.165, 1.54) is 4.90 Å². The van der Waals surface area contributed by atoms with E-state index in [-0.39, 0.29) is 0 Å². The maximum Gasteiger partial charge on any atom is 0.414 e. The highest BCUT2D eigenvalue weighted by Crippen LogP contribution is 2.25. The number of benzene rings is 1. The Morgan fingerprint density at radius 1 is 1.36 bits per heavy atom. The van der Waals surface area contributed by atoms with Crippen molar-refractivity contribution >= 4 is 34.8 Å². The van der Waals surface area contributed by atoms with Crippen LogP contribution in [0, 0.1) is 0 Å². The number of rotatable bonds is 7. The molecule has 0 saturated carbocycles. The summed E-state index contributed by atoms with van der Waals surface area (Å²) < 4.78 is 0. The van der Waals surface area contributed by atoms with E-state index in [0.29, 0.717) is 19.0 Å². The van der Waals surface area contributed by atoms with Crippen LogP contribution in [-0.4, -0.2) is 59.0 Å². The van der Waals surface area contributed by atoms with Crippen molar-refractivity contribution < 1.29 is 9.90 Å². The lowest BCUT2D eigenvalue weighted by Crippen LogP contribution is -2.36. The minimum Gasteiger partial charge on any atom is -0.465 e. The van der Waals surface area contributed by atoms with Crippen LogP contribution in [0.3, 0.4) is 0 Å². The number of thioether (sulfide) groups is 1. The Morgan fingerprint density at radius 2 is 2.14 bits per heavy atom. The fraction of sp³-hybridized carbons (Fsp3) is 0.467. The number of nitrogens with one attached hydrogen (secondary N) is 1. The Balaban J connectivity index is 2.23. The molecular formula is C15H22N4O2S. The number of aromatic nitrogens is 2. The number of likely N-dealkylation sites (N-methyl/N-ethyl adjacent to an activating group) is 1. The fourth-order valence-corrected chi connectivity index (χ4v) is 2.80. The SMILES string of the molecule is CCCSc1ccc2[nH]c(N(CCN(C)C)C(=O)O)nc2c1. The van der Waals surface area contributed by atoms with Crippen LogP contribution < -0.4 is 4.90 Å². The van der Waals surface area contributed by atoms with Gasteiger partial charge in [0.15, 0.2) is 0 Å². The molecule has 22 heavy (non-hydrogen) atoms. The minimum absolute atomic E-state index is 0.375. The molecule has 0 aliphatic heterocycles. The molecule has 6 nitrogen and oxygen atoms in total. The van der Waals surface area contributed by atoms with Gasteiger partial charge in [0.1, 0.15) is 0 Å². The number of carboxylic acid groups (broad SMARTS) is 1. The zero-order valence-electron chi connectivity index (χ0n) is 13.2. The van der Waals surface area contributed by atoms with Crippen molar-refractivity contribution in [3.63, 3.8) is 0 Å². The number of amides is 1. The van der Waals surface area contributed by atoms with Crippen LogP contribution in [0.5, 0.6) is 0 Å². The van der Waals surface area contributed by atoms with Gasteiger partial charge in [0, 0.05) is 18.0 Å². The summed E-state index contributed by atoms with van der Waals surface area (Å²) in [7, 11) is 3.83. The summed E-state index contributed by atoms with van der Waals surface area (Å²) in [5, 5.41) is 9.38. The molecule has 0 aliphatic rings. The van der Waals surface area contributed by atoms with Gasteiger partial charge < -0.3 is 15.0 Å². The molecule has 2 N–H and O–H groups in total. The number of anilines is 1. The highest BCUT2D eigenvalue weighted by Gasteiger charge is 2.18. The van der Waals surface area contributed by atoms with Crippen molar-refractivity contribution in [3.05, 3.63) is 18.2 Å². The lowest BCUT2D eigenvalue weighted by Gasteiger charge is -2.18. The summed E-state index contributed by atoms with van der Waals surface area (Å²) in [6.07, 6.45) is 0.118. The van der Waals surface area contributed by atoms with Gasteiger partial charge in [-0.3, -0.25) is 0 Å². The second-order valence-electron chi connectivity index (χ2n) is 5.33. The molecular weight excluding hydrogens is 300 g/mol. The zero-order valence-corrected chi connectivity index (χ0v) is 14.0. The van der Waals surface area contributed by atoms with Crippen molar-refractivity contribution in [2.24, 2.45) is 0 Å². The normalized spacial score (nSPS) is 11.3. The smallest absolute Gasteiger partial charge is 0.414 e. The molecule has 1 aromatic heterocycles. The zero-order chi connectivity index (χ0) is 16.1. The highest BCUT2D eigenvalue weighted by atomic mass is 32.2. The first-order chi connectivity index (χ1) is 10.5. The van der Waals surface area contributed by atoms with Crippen LogP contribution in [0.2, 0.25) is 0 Å². The van der Waals surface area contributed by atoms with Gasteiger partial charge in [0.25, 0.3) is 0 Å². The molecule has 0 spiro atoms. The van der Waals surface area contributed by atoms with E-state index in [1.54, 1.807) is 11.8 Å². The van der Waals surface area contributed by atoms with Crippen LogP contribution >= 0.6 is 11.8 Å². The Bertz CT molecular complexity index is 642. The summed E-state index contributed by atoms with van der Waals surface area (Å²) in [5.41, 5.74) is 1.65. The summed E-state index contributed by atoms with van der Waals surface area (Å²) in [4.78, 5) is 23.3. The van der Waals surface area contributed by atoms with E-state index in [9.17, 15) is 9.90 Å². The number of hydrogen-bond acceptors (Lipinski definition) is 4. The molecule has 0 aliphatic carbocycles. The monoisotopic (exact) mass is 322 g/mol. The molecule has 0 radical (unpaired) electrons. The number of hydrogen-bond donors (Lipinski definition) is 2. The first-order valence-electron chi connectivity index (χ1n) is 7.29. The minimum atomic E-state index is -0.999. The molecule has 0 fully saturated rings. The predicted octanol–water partition coefficient (Wildman–Crippen LogP) is 3.11. The van der Waals surface area contributed by atoms with Crippen molar-refractivity contribution in [1.29, 1.82) is 0 Å². The van der Waals surface area contributed by atoms with E-state index in [4.69, 9.17) is 0 Å². The molecule has 7 heteroatoms. The third-order valence-corrected chi connectivity index (χ3v) is 4.37. The number of nitrogens with zero attached hydrogens (tertiary/aromatic N) is 3. The van der Waals surface area contributed by atoms with Crippen molar-refractivity contribution in [3.8, 4) is 0 Å². The molecule has 2 rings (SSSR count). The van der Waals surface area contributed by atoms with E-state index in [0.717, 1.165) is 28.1 Å². The standard InChI is InChI=1S/C15H22N4O2S/c1-4-9-22-11-5-6-12-13(10-11)17-14(16-12)19(15(20)21)8-7-18(2)3/h5-6,10H,4,7-9H2,1-3H3,(H,16,17)(H,20,21). The number of imidazole rings is 1. The molecule has 1 heterocycles. The molecule has 120 valence electrons. The molecule has 1 amide bonds. The Hall–Kier alpha value is -1.73. The summed E-state index contributed by atoms with van der Waals surface area (Å²) in [6.45, 7) is 3.16. The first kappa shape index (κ1) is 16.6. The van der Waals surface area contributed by atoms with Gasteiger partial charge in [-0.15, -0.1) is 11.8 Å². The van der Waals surface area contributed by atoms with Crippen molar-refractivity contribution in [2.75, 3.05) is 37.8 Å². The molecule has 2 aromatic rings. The summed E-state index contributed by atoms with van der Waals surface area (Å²) in [6, 6.07) is 5.99. The van der Waals surface area contributed by atoms with Crippen LogP contribution in [0.15, 0.2) is 23.1 Å². The number of carbonyl (C=O) groups is 1. The highest BCUT2D eigenvalue weighted by molar-refractivity contribution is 7.99. The van der Waals surface area contributed by atoms with E-state index in [1.807, 2.05) is 37.2 Å². The number of H-pyrrole nitrogens is 1. The molecule has 0 bridgehead atoms. The van der Waals surface area contributed by atoms with E-state index < -0.39 is 6.09 Å². The van der Waals surface area contributed by atoms with Gasteiger partial charge in [-0.05, 0) is 44.5 Å². The molecule has 0 atom stereocenters. The Morgan fingerprint density at radius 3 is 2.77 bits per heavy atom. The lowest BCUT2D eigenvalue weighted by atomic mass is 10.3. The van der Waals surface area contributed by atoms with E-state index in [2.05, 4.69) is 16.9 Å². The fourth-order valence-electron chi connectivity index (χ4n) is 2.00. The first-order valence-corrected chi connectivity index (χ1v) is 8.27. The predicted molar refractivity (Wildman–Crippen MR) is 91.0 cm³/mol. The largest absolute Gasteiger partial charge is 0.465 e. The van der Waals surface area contributed by atoms with Crippen LogP contribution in [-0.2, 0) is 0 Å². The van der Waals surface area contributed by atoms with Crippen LogP contribution in [0.4, 0.5) is 10.7 Å². The molecule has 0 saturated heterocycles. The van der Waals surface area contributed by atoms with Gasteiger partial charge in [0.05, 0.1) is 11.0 Å². The van der Waals surface area contributed by atoms with E-state index >= 15 is 0 Å². The Kier molecular flexibility index (Phi) is 5.68. The van der Waals surface area contributed by atoms with Crippen molar-refractivity contribution in [1.82, 2.24) is 14.9 Å². The van der Waals surface area contributed by atoms with Gasteiger partial charge in [0.2, 0.25) is 5.95 Å². The maximum absolute atomic E-state index is 11.4. The van der Waals surface area contributed by atoms with Crippen molar-refractivity contribution in [2.45, 2.75) is 18.2 Å². The van der Waals surface area contributed by atoms with Crippen LogP contribution in [0.25, 0.3) is 11.0 Å². The average Bonchev–Trinajstić information content (AvgIpc) is 2.87. The third kappa shape index (κ3) is 4.14. The molecule has 1 aromatic carbocycles.